The Morgan fingerprint density at radius 3 is 3.00 bits per heavy atom. The first-order valence-corrected chi connectivity index (χ1v) is 6.17. The third-order valence-corrected chi connectivity index (χ3v) is 3.09. The molecular formula is C13H22N2O. The van der Waals surface area contributed by atoms with Crippen molar-refractivity contribution in [2.75, 3.05) is 6.54 Å². The van der Waals surface area contributed by atoms with Gasteiger partial charge in [-0.25, -0.2) is 0 Å². The van der Waals surface area contributed by atoms with Gasteiger partial charge in [0.2, 0.25) is 5.91 Å². The Morgan fingerprint density at radius 2 is 2.44 bits per heavy atom. The fourth-order valence-electron chi connectivity index (χ4n) is 2.15. The van der Waals surface area contributed by atoms with Gasteiger partial charge in [0.1, 0.15) is 0 Å². The van der Waals surface area contributed by atoms with Crippen molar-refractivity contribution in [3.05, 3.63) is 0 Å². The van der Waals surface area contributed by atoms with Crippen molar-refractivity contribution in [3.63, 3.8) is 0 Å². The molecule has 3 heteroatoms. The van der Waals surface area contributed by atoms with Crippen molar-refractivity contribution in [2.24, 2.45) is 5.92 Å². The van der Waals surface area contributed by atoms with Crippen LogP contribution in [0.3, 0.4) is 0 Å². The second kappa shape index (κ2) is 6.55. The lowest BCUT2D eigenvalue weighted by molar-refractivity contribution is -0.126. The summed E-state index contributed by atoms with van der Waals surface area (Å²) < 4.78 is 0. The maximum atomic E-state index is 12.0. The molecule has 90 valence electrons. The summed E-state index contributed by atoms with van der Waals surface area (Å²) in [6, 6.07) is 0.336. The van der Waals surface area contributed by atoms with Crippen molar-refractivity contribution in [2.45, 2.75) is 51.6 Å². The van der Waals surface area contributed by atoms with Gasteiger partial charge in [0.15, 0.2) is 0 Å². The quantitative estimate of drug-likeness (QED) is 0.704. The van der Waals surface area contributed by atoms with Gasteiger partial charge in [0, 0.05) is 12.0 Å². The first-order chi connectivity index (χ1) is 7.67. The lowest BCUT2D eigenvalue weighted by Crippen LogP contribution is -2.44. The van der Waals surface area contributed by atoms with Crippen molar-refractivity contribution in [1.82, 2.24) is 10.6 Å². The first-order valence-electron chi connectivity index (χ1n) is 6.17. The van der Waals surface area contributed by atoms with Gasteiger partial charge >= 0.3 is 0 Å². The van der Waals surface area contributed by atoms with Gasteiger partial charge < -0.3 is 10.6 Å². The van der Waals surface area contributed by atoms with E-state index in [9.17, 15) is 4.79 Å². The first kappa shape index (κ1) is 13.1. The maximum absolute atomic E-state index is 12.0. The average molecular weight is 222 g/mol. The summed E-state index contributed by atoms with van der Waals surface area (Å²) in [6.45, 7) is 5.11. The zero-order chi connectivity index (χ0) is 12.0. The van der Waals surface area contributed by atoms with E-state index in [1.165, 1.54) is 0 Å². The van der Waals surface area contributed by atoms with E-state index in [-0.39, 0.29) is 17.9 Å². The highest BCUT2D eigenvalue weighted by molar-refractivity contribution is 5.79. The SMILES string of the molecule is C#CC(CCC)NC(=O)C1CCNC(C)C1. The largest absolute Gasteiger partial charge is 0.342 e. The van der Waals surface area contributed by atoms with E-state index in [0.29, 0.717) is 6.04 Å². The predicted molar refractivity (Wildman–Crippen MR) is 65.9 cm³/mol. The summed E-state index contributed by atoms with van der Waals surface area (Å²) in [5.41, 5.74) is 0. The van der Waals surface area contributed by atoms with E-state index in [4.69, 9.17) is 6.42 Å². The summed E-state index contributed by atoms with van der Waals surface area (Å²) in [4.78, 5) is 12.0. The van der Waals surface area contributed by atoms with Crippen LogP contribution in [0.2, 0.25) is 0 Å². The molecule has 3 nitrogen and oxygen atoms in total. The molecule has 0 aromatic heterocycles. The van der Waals surface area contributed by atoms with Crippen LogP contribution in [0.4, 0.5) is 0 Å². The summed E-state index contributed by atoms with van der Waals surface area (Å²) in [6.07, 6.45) is 9.08. The topological polar surface area (TPSA) is 41.1 Å². The average Bonchev–Trinajstić information content (AvgIpc) is 2.28. The van der Waals surface area contributed by atoms with Gasteiger partial charge in [-0.15, -0.1) is 6.42 Å². The molecule has 2 N–H and O–H groups in total. The monoisotopic (exact) mass is 222 g/mol. The predicted octanol–water partition coefficient (Wildman–Crippen LogP) is 1.29. The van der Waals surface area contributed by atoms with Crippen LogP contribution >= 0.6 is 0 Å². The van der Waals surface area contributed by atoms with Crippen molar-refractivity contribution >= 4 is 5.91 Å². The third kappa shape index (κ3) is 3.86. The molecule has 3 unspecified atom stereocenters. The number of piperidine rings is 1. The molecule has 1 amide bonds. The lowest BCUT2D eigenvalue weighted by atomic mass is 9.92. The minimum Gasteiger partial charge on any atom is -0.342 e. The van der Waals surface area contributed by atoms with Crippen molar-refractivity contribution in [3.8, 4) is 12.3 Å². The normalized spacial score (nSPS) is 26.8. The number of hydrogen-bond donors (Lipinski definition) is 2. The van der Waals surface area contributed by atoms with E-state index in [0.717, 1.165) is 32.2 Å². The van der Waals surface area contributed by atoms with Gasteiger partial charge in [-0.05, 0) is 32.7 Å². The standard InChI is InChI=1S/C13H22N2O/c1-4-6-12(5-2)15-13(16)11-7-8-14-10(3)9-11/h2,10-12,14H,4,6-9H2,1,3H3,(H,15,16). The fourth-order valence-corrected chi connectivity index (χ4v) is 2.15. The van der Waals surface area contributed by atoms with Gasteiger partial charge in [0.25, 0.3) is 0 Å². The molecule has 1 saturated heterocycles. The van der Waals surface area contributed by atoms with Crippen LogP contribution in [0, 0.1) is 18.3 Å². The zero-order valence-corrected chi connectivity index (χ0v) is 10.3. The van der Waals surface area contributed by atoms with Gasteiger partial charge in [0.05, 0.1) is 6.04 Å². The van der Waals surface area contributed by atoms with Crippen LogP contribution in [-0.2, 0) is 4.79 Å². The number of rotatable bonds is 4. The number of amides is 1. The highest BCUT2D eigenvalue weighted by atomic mass is 16.1. The van der Waals surface area contributed by atoms with Gasteiger partial charge in [-0.3, -0.25) is 4.79 Å². The molecule has 0 radical (unpaired) electrons. The molecule has 1 rings (SSSR count). The van der Waals surface area contributed by atoms with E-state index in [1.807, 2.05) is 0 Å². The Hall–Kier alpha value is -1.01. The molecule has 1 heterocycles. The van der Waals surface area contributed by atoms with Crippen molar-refractivity contribution < 1.29 is 4.79 Å². The highest BCUT2D eigenvalue weighted by Crippen LogP contribution is 2.16. The molecule has 1 aliphatic rings. The van der Waals surface area contributed by atoms with Crippen LogP contribution in [0.5, 0.6) is 0 Å². The second-order valence-electron chi connectivity index (χ2n) is 4.59. The van der Waals surface area contributed by atoms with Gasteiger partial charge in [-0.1, -0.05) is 19.3 Å². The van der Waals surface area contributed by atoms with E-state index in [1.54, 1.807) is 0 Å². The molecule has 0 aromatic carbocycles. The van der Waals surface area contributed by atoms with Crippen LogP contribution < -0.4 is 10.6 Å². The lowest BCUT2D eigenvalue weighted by Gasteiger charge is -2.28. The molecule has 1 aliphatic heterocycles. The molecule has 0 bridgehead atoms. The summed E-state index contributed by atoms with van der Waals surface area (Å²) in [7, 11) is 0. The van der Waals surface area contributed by atoms with Crippen LogP contribution in [0.25, 0.3) is 0 Å². The molecule has 0 aromatic rings. The molecule has 0 aliphatic carbocycles. The molecule has 0 spiro atoms. The summed E-state index contributed by atoms with van der Waals surface area (Å²) in [5.74, 6) is 2.89. The molecule has 1 fully saturated rings. The maximum Gasteiger partial charge on any atom is 0.224 e. The molecular weight excluding hydrogens is 200 g/mol. The Bertz CT molecular complexity index is 270. The zero-order valence-electron chi connectivity index (χ0n) is 10.3. The number of hydrogen-bond acceptors (Lipinski definition) is 2. The highest BCUT2D eigenvalue weighted by Gasteiger charge is 2.25. The fraction of sp³-hybridized carbons (Fsp3) is 0.769. The van der Waals surface area contributed by atoms with E-state index < -0.39 is 0 Å². The van der Waals surface area contributed by atoms with Crippen LogP contribution in [0.15, 0.2) is 0 Å². The molecule has 0 saturated carbocycles. The Kier molecular flexibility index (Phi) is 5.34. The minimum absolute atomic E-state index is 0.0947. The van der Waals surface area contributed by atoms with Crippen LogP contribution in [0.1, 0.15) is 39.5 Å². The molecule has 3 atom stereocenters. The summed E-state index contributed by atoms with van der Waals surface area (Å²) >= 11 is 0. The van der Waals surface area contributed by atoms with Gasteiger partial charge in [-0.2, -0.15) is 0 Å². The number of terminal acetylenes is 1. The van der Waals surface area contributed by atoms with Crippen LogP contribution in [-0.4, -0.2) is 24.5 Å². The van der Waals surface area contributed by atoms with E-state index in [2.05, 4.69) is 30.4 Å². The van der Waals surface area contributed by atoms with E-state index >= 15 is 0 Å². The Labute approximate surface area is 98.4 Å². The smallest absolute Gasteiger partial charge is 0.224 e. The number of carbonyl (C=O) groups is 1. The molecule has 16 heavy (non-hydrogen) atoms. The van der Waals surface area contributed by atoms with Crippen molar-refractivity contribution in [1.29, 1.82) is 0 Å². The third-order valence-electron chi connectivity index (χ3n) is 3.09. The minimum atomic E-state index is -0.0947. The number of nitrogens with one attached hydrogen (secondary N) is 2. The summed E-state index contributed by atoms with van der Waals surface area (Å²) in [5, 5.41) is 6.29. The second-order valence-corrected chi connectivity index (χ2v) is 4.59. The number of carbonyl (C=O) groups excluding carboxylic acids is 1. The Balaban J connectivity index is 2.41. The Morgan fingerprint density at radius 1 is 1.69 bits per heavy atom.